The molecule has 0 amide bonds. The molecule has 4 rings (SSSR count). The predicted molar refractivity (Wildman–Crippen MR) is 109 cm³/mol. The summed E-state index contributed by atoms with van der Waals surface area (Å²) in [5, 5.41) is 7.35. The maximum atomic E-state index is 13.2. The van der Waals surface area contributed by atoms with Crippen LogP contribution >= 0.6 is 11.6 Å². The fourth-order valence-electron chi connectivity index (χ4n) is 3.42. The van der Waals surface area contributed by atoms with Crippen LogP contribution < -0.4 is 10.6 Å². The van der Waals surface area contributed by atoms with Gasteiger partial charge in [-0.05, 0) is 37.1 Å². The SMILES string of the molecule is CCc1cnc(C2CNc3ncc(Cl)cc32)nc1N[C@@H](C)c1ccc(F)cc1. The highest BCUT2D eigenvalue weighted by atomic mass is 35.5. The highest BCUT2D eigenvalue weighted by Gasteiger charge is 2.28. The molecule has 2 aromatic heterocycles. The van der Waals surface area contributed by atoms with Crippen molar-refractivity contribution in [3.63, 3.8) is 0 Å². The number of hydrogen-bond donors (Lipinski definition) is 2. The van der Waals surface area contributed by atoms with Crippen LogP contribution in [-0.2, 0) is 6.42 Å². The van der Waals surface area contributed by atoms with Gasteiger partial charge in [-0.2, -0.15) is 0 Å². The summed E-state index contributed by atoms with van der Waals surface area (Å²) in [7, 11) is 0. The number of fused-ring (bicyclic) bond motifs is 1. The summed E-state index contributed by atoms with van der Waals surface area (Å²) in [4.78, 5) is 13.8. The molecule has 5 nitrogen and oxygen atoms in total. The third-order valence-electron chi connectivity index (χ3n) is 5.03. The summed E-state index contributed by atoms with van der Waals surface area (Å²) >= 11 is 6.13. The number of aryl methyl sites for hydroxylation is 1. The average Bonchev–Trinajstić information content (AvgIpc) is 3.11. The van der Waals surface area contributed by atoms with Crippen LogP contribution in [0.15, 0.2) is 42.7 Å². The van der Waals surface area contributed by atoms with E-state index >= 15 is 0 Å². The van der Waals surface area contributed by atoms with Crippen molar-refractivity contribution in [3.05, 3.63) is 76.1 Å². The minimum Gasteiger partial charge on any atom is -0.369 e. The third-order valence-corrected chi connectivity index (χ3v) is 5.24. The molecular formula is C21H21ClFN5. The molecular weight excluding hydrogens is 377 g/mol. The van der Waals surface area contributed by atoms with Gasteiger partial charge in [-0.1, -0.05) is 30.7 Å². The van der Waals surface area contributed by atoms with Gasteiger partial charge < -0.3 is 10.6 Å². The van der Waals surface area contributed by atoms with Crippen LogP contribution in [0.5, 0.6) is 0 Å². The van der Waals surface area contributed by atoms with Gasteiger partial charge in [0.2, 0.25) is 0 Å². The molecule has 1 aliphatic rings. The van der Waals surface area contributed by atoms with Crippen LogP contribution in [-0.4, -0.2) is 21.5 Å². The molecule has 0 radical (unpaired) electrons. The fraction of sp³-hybridized carbons (Fsp3) is 0.286. The second-order valence-electron chi connectivity index (χ2n) is 6.90. The van der Waals surface area contributed by atoms with E-state index in [-0.39, 0.29) is 17.8 Å². The predicted octanol–water partition coefficient (Wildman–Crippen LogP) is 4.96. The molecule has 1 aromatic carbocycles. The van der Waals surface area contributed by atoms with Gasteiger partial charge in [0, 0.05) is 36.1 Å². The summed E-state index contributed by atoms with van der Waals surface area (Å²) in [5.74, 6) is 2.10. The van der Waals surface area contributed by atoms with E-state index in [2.05, 4.69) is 27.5 Å². The Kier molecular flexibility index (Phi) is 5.13. The number of nitrogens with one attached hydrogen (secondary N) is 2. The van der Waals surface area contributed by atoms with E-state index in [9.17, 15) is 4.39 Å². The van der Waals surface area contributed by atoms with E-state index in [4.69, 9.17) is 16.6 Å². The number of pyridine rings is 1. The molecule has 28 heavy (non-hydrogen) atoms. The van der Waals surface area contributed by atoms with Gasteiger partial charge in [0.1, 0.15) is 23.3 Å². The monoisotopic (exact) mass is 397 g/mol. The van der Waals surface area contributed by atoms with Crippen molar-refractivity contribution in [2.45, 2.75) is 32.2 Å². The molecule has 0 saturated carbocycles. The normalized spacial score (nSPS) is 16.4. The van der Waals surface area contributed by atoms with Crippen molar-refractivity contribution in [3.8, 4) is 0 Å². The molecule has 0 fully saturated rings. The first-order valence-corrected chi connectivity index (χ1v) is 9.70. The highest BCUT2D eigenvalue weighted by Crippen LogP contribution is 2.35. The second kappa shape index (κ2) is 7.72. The first kappa shape index (κ1) is 18.6. The Hall–Kier alpha value is -2.73. The number of halogens is 2. The van der Waals surface area contributed by atoms with Gasteiger partial charge in [-0.15, -0.1) is 0 Å². The molecule has 1 unspecified atom stereocenters. The lowest BCUT2D eigenvalue weighted by molar-refractivity contribution is 0.626. The van der Waals surface area contributed by atoms with Crippen molar-refractivity contribution >= 4 is 23.2 Å². The van der Waals surface area contributed by atoms with Crippen LogP contribution in [0.3, 0.4) is 0 Å². The maximum Gasteiger partial charge on any atom is 0.140 e. The Morgan fingerprint density at radius 3 is 2.79 bits per heavy atom. The van der Waals surface area contributed by atoms with E-state index in [0.29, 0.717) is 11.6 Å². The van der Waals surface area contributed by atoms with E-state index in [0.717, 1.165) is 40.6 Å². The number of hydrogen-bond acceptors (Lipinski definition) is 5. The van der Waals surface area contributed by atoms with Crippen molar-refractivity contribution in [2.75, 3.05) is 17.2 Å². The third kappa shape index (κ3) is 3.64. The van der Waals surface area contributed by atoms with Crippen molar-refractivity contribution in [2.24, 2.45) is 0 Å². The van der Waals surface area contributed by atoms with Gasteiger partial charge in [-0.3, -0.25) is 0 Å². The van der Waals surface area contributed by atoms with E-state index in [1.807, 2.05) is 19.2 Å². The number of benzene rings is 1. The first-order chi connectivity index (χ1) is 13.5. The lowest BCUT2D eigenvalue weighted by Gasteiger charge is -2.19. The molecule has 0 aliphatic carbocycles. The number of nitrogens with zero attached hydrogens (tertiary/aromatic N) is 3. The smallest absolute Gasteiger partial charge is 0.140 e. The van der Waals surface area contributed by atoms with E-state index < -0.39 is 0 Å². The molecule has 1 aliphatic heterocycles. The zero-order valence-electron chi connectivity index (χ0n) is 15.7. The fourth-order valence-corrected chi connectivity index (χ4v) is 3.59. The summed E-state index contributed by atoms with van der Waals surface area (Å²) < 4.78 is 13.2. The number of aromatic nitrogens is 3. The quantitative estimate of drug-likeness (QED) is 0.637. The number of anilines is 2. The minimum atomic E-state index is -0.241. The van der Waals surface area contributed by atoms with Crippen molar-refractivity contribution in [1.82, 2.24) is 15.0 Å². The number of rotatable bonds is 5. The van der Waals surface area contributed by atoms with Gasteiger partial charge in [0.15, 0.2) is 0 Å². The Balaban J connectivity index is 1.64. The van der Waals surface area contributed by atoms with Crippen LogP contribution in [0, 0.1) is 5.82 Å². The Morgan fingerprint density at radius 2 is 2.04 bits per heavy atom. The molecule has 0 spiro atoms. The second-order valence-corrected chi connectivity index (χ2v) is 7.33. The minimum absolute atomic E-state index is 0.00576. The van der Waals surface area contributed by atoms with Gasteiger partial charge in [0.25, 0.3) is 0 Å². The lowest BCUT2D eigenvalue weighted by Crippen LogP contribution is -2.14. The van der Waals surface area contributed by atoms with Gasteiger partial charge in [-0.25, -0.2) is 19.3 Å². The molecule has 0 bridgehead atoms. The molecule has 144 valence electrons. The summed E-state index contributed by atoms with van der Waals surface area (Å²) in [6.45, 7) is 4.79. The summed E-state index contributed by atoms with van der Waals surface area (Å²) in [6.07, 6.45) is 4.32. The van der Waals surface area contributed by atoms with Crippen LogP contribution in [0.4, 0.5) is 16.0 Å². The highest BCUT2D eigenvalue weighted by molar-refractivity contribution is 6.30. The molecule has 3 aromatic rings. The van der Waals surface area contributed by atoms with Gasteiger partial charge >= 0.3 is 0 Å². The molecule has 2 N–H and O–H groups in total. The summed E-state index contributed by atoms with van der Waals surface area (Å²) in [5.41, 5.74) is 3.04. The van der Waals surface area contributed by atoms with E-state index in [1.54, 1.807) is 18.3 Å². The first-order valence-electron chi connectivity index (χ1n) is 9.32. The standard InChI is InChI=1S/C21H21ClFN5/c1-3-13-9-24-21(18-11-26-20-17(18)8-15(22)10-25-20)28-19(13)27-12(2)14-4-6-16(23)7-5-14/h4-10,12,18H,3,11H2,1-2H3,(H,25,26)(H,24,27,28)/t12-,18?/m0/s1. The summed E-state index contributed by atoms with van der Waals surface area (Å²) in [6, 6.07) is 8.41. The van der Waals surface area contributed by atoms with E-state index in [1.165, 1.54) is 12.1 Å². The average molecular weight is 398 g/mol. The van der Waals surface area contributed by atoms with Crippen LogP contribution in [0.1, 0.15) is 48.3 Å². The Bertz CT molecular complexity index is 993. The van der Waals surface area contributed by atoms with Gasteiger partial charge in [0.05, 0.1) is 10.9 Å². The zero-order valence-corrected chi connectivity index (χ0v) is 16.5. The molecule has 2 atom stereocenters. The lowest BCUT2D eigenvalue weighted by atomic mass is 10.0. The molecule has 0 saturated heterocycles. The van der Waals surface area contributed by atoms with Crippen molar-refractivity contribution < 1.29 is 4.39 Å². The Labute approximate surface area is 168 Å². The zero-order chi connectivity index (χ0) is 19.7. The van der Waals surface area contributed by atoms with Crippen molar-refractivity contribution in [1.29, 1.82) is 0 Å². The molecule has 7 heteroatoms. The molecule has 3 heterocycles. The largest absolute Gasteiger partial charge is 0.369 e. The van der Waals surface area contributed by atoms with Crippen LogP contribution in [0.2, 0.25) is 5.02 Å². The maximum absolute atomic E-state index is 13.2. The Morgan fingerprint density at radius 1 is 1.25 bits per heavy atom. The topological polar surface area (TPSA) is 62.7 Å². The van der Waals surface area contributed by atoms with Crippen LogP contribution in [0.25, 0.3) is 0 Å².